The highest BCUT2D eigenvalue weighted by molar-refractivity contribution is 5.86. The molecule has 2 heterocycles. The number of halogens is 6. The summed E-state index contributed by atoms with van der Waals surface area (Å²) in [5.74, 6) is 0. The zero-order chi connectivity index (χ0) is 19.1. The summed E-state index contributed by atoms with van der Waals surface area (Å²) in [6, 6.07) is 4.65. The maximum absolute atomic E-state index is 13.2. The first-order valence-corrected chi connectivity index (χ1v) is 7.32. The number of para-hydroxylation sites is 1. The van der Waals surface area contributed by atoms with Gasteiger partial charge in [0.1, 0.15) is 6.04 Å². The van der Waals surface area contributed by atoms with Gasteiger partial charge in [-0.05, 0) is 24.3 Å². The smallest absolute Gasteiger partial charge is 0.316 e. The average Bonchev–Trinajstić information content (AvgIpc) is 2.58. The first-order chi connectivity index (χ1) is 12.1. The molecule has 0 bridgehead atoms. The average molecular weight is 371 g/mol. The van der Waals surface area contributed by atoms with Gasteiger partial charge in [-0.2, -0.15) is 26.3 Å². The highest BCUT2D eigenvalue weighted by atomic mass is 19.4. The fourth-order valence-electron chi connectivity index (χ4n) is 2.59. The highest BCUT2D eigenvalue weighted by Gasteiger charge is 2.40. The molecule has 0 amide bonds. The zero-order valence-electron chi connectivity index (χ0n) is 12.9. The molecule has 0 aliphatic carbocycles. The van der Waals surface area contributed by atoms with Gasteiger partial charge < -0.3 is 5.73 Å². The van der Waals surface area contributed by atoms with Gasteiger partial charge in [0.25, 0.3) is 0 Å². The van der Waals surface area contributed by atoms with Crippen LogP contribution >= 0.6 is 0 Å². The number of nitrogens with two attached hydrogens (primary N) is 1. The standard InChI is InChI=1S/C17H11F6N3/c18-16(19,20)12-5-1-3-9-7-11(15(24)17(21,22)23)13(26-14(9)12)10-4-2-6-25-8-10/h1-8,15H,24H2/t15-/m1/s1. The molecule has 0 fully saturated rings. The van der Waals surface area contributed by atoms with Crippen LogP contribution in [0.25, 0.3) is 22.2 Å². The molecule has 26 heavy (non-hydrogen) atoms. The summed E-state index contributed by atoms with van der Waals surface area (Å²) in [5, 5.41) is -0.0813. The van der Waals surface area contributed by atoms with Gasteiger partial charge in [0, 0.05) is 28.9 Å². The predicted octanol–water partition coefficient (Wildman–Crippen LogP) is 4.88. The Labute approximate surface area is 143 Å². The minimum absolute atomic E-state index is 0.0813. The Balaban J connectivity index is 2.36. The zero-order valence-corrected chi connectivity index (χ0v) is 12.9. The molecule has 2 N–H and O–H groups in total. The van der Waals surface area contributed by atoms with Gasteiger partial charge in [0.05, 0.1) is 16.8 Å². The second-order valence-electron chi connectivity index (χ2n) is 5.56. The summed E-state index contributed by atoms with van der Waals surface area (Å²) in [7, 11) is 0. The Hall–Kier alpha value is -2.68. The predicted molar refractivity (Wildman–Crippen MR) is 83.0 cm³/mol. The monoisotopic (exact) mass is 371 g/mol. The number of rotatable bonds is 2. The summed E-state index contributed by atoms with van der Waals surface area (Å²) in [6.45, 7) is 0. The number of hydrogen-bond donors (Lipinski definition) is 1. The van der Waals surface area contributed by atoms with Gasteiger partial charge in [-0.25, -0.2) is 4.98 Å². The lowest BCUT2D eigenvalue weighted by Crippen LogP contribution is -2.29. The fourth-order valence-corrected chi connectivity index (χ4v) is 2.59. The largest absolute Gasteiger partial charge is 0.418 e. The van der Waals surface area contributed by atoms with E-state index in [1.807, 2.05) is 0 Å². The van der Waals surface area contributed by atoms with E-state index in [0.29, 0.717) is 0 Å². The Bertz CT molecular complexity index is 935. The molecule has 0 radical (unpaired) electrons. The van der Waals surface area contributed by atoms with Crippen LogP contribution in [0.15, 0.2) is 48.8 Å². The molecule has 0 spiro atoms. The molecule has 136 valence electrons. The topological polar surface area (TPSA) is 51.8 Å². The van der Waals surface area contributed by atoms with E-state index in [1.165, 1.54) is 30.6 Å². The van der Waals surface area contributed by atoms with E-state index in [4.69, 9.17) is 5.73 Å². The third-order valence-electron chi connectivity index (χ3n) is 3.80. The highest BCUT2D eigenvalue weighted by Crippen LogP contribution is 2.39. The van der Waals surface area contributed by atoms with Gasteiger partial charge in [0.2, 0.25) is 0 Å². The lowest BCUT2D eigenvalue weighted by atomic mass is 9.97. The molecular formula is C17H11F6N3. The van der Waals surface area contributed by atoms with E-state index in [-0.39, 0.29) is 16.6 Å². The fraction of sp³-hybridized carbons (Fsp3) is 0.176. The van der Waals surface area contributed by atoms with Crippen molar-refractivity contribution in [1.82, 2.24) is 9.97 Å². The number of aromatic nitrogens is 2. The normalized spacial score (nSPS) is 13.8. The van der Waals surface area contributed by atoms with Gasteiger partial charge >= 0.3 is 12.4 Å². The Morgan fingerprint density at radius 3 is 2.27 bits per heavy atom. The second-order valence-corrected chi connectivity index (χ2v) is 5.56. The number of fused-ring (bicyclic) bond motifs is 1. The molecule has 2 aromatic heterocycles. The lowest BCUT2D eigenvalue weighted by Gasteiger charge is -2.20. The third kappa shape index (κ3) is 3.34. The van der Waals surface area contributed by atoms with Crippen molar-refractivity contribution < 1.29 is 26.3 Å². The van der Waals surface area contributed by atoms with Crippen molar-refractivity contribution in [2.75, 3.05) is 0 Å². The van der Waals surface area contributed by atoms with Crippen LogP contribution in [0.1, 0.15) is 17.2 Å². The molecule has 9 heteroatoms. The number of nitrogens with zero attached hydrogens (tertiary/aromatic N) is 2. The summed E-state index contributed by atoms with van der Waals surface area (Å²) < 4.78 is 79.2. The van der Waals surface area contributed by atoms with E-state index in [2.05, 4.69) is 9.97 Å². The van der Waals surface area contributed by atoms with E-state index in [9.17, 15) is 26.3 Å². The van der Waals surface area contributed by atoms with Gasteiger partial charge in [-0.3, -0.25) is 4.98 Å². The molecule has 1 atom stereocenters. The number of hydrogen-bond acceptors (Lipinski definition) is 3. The number of alkyl halides is 6. The summed E-state index contributed by atoms with van der Waals surface area (Å²) in [6.07, 6.45) is -6.88. The van der Waals surface area contributed by atoms with Crippen LogP contribution in [0.4, 0.5) is 26.3 Å². The Kier molecular flexibility index (Phi) is 4.35. The summed E-state index contributed by atoms with van der Waals surface area (Å²) in [4.78, 5) is 7.70. The lowest BCUT2D eigenvalue weighted by molar-refractivity contribution is -0.149. The minimum Gasteiger partial charge on any atom is -0.316 e. The molecule has 0 aliphatic rings. The van der Waals surface area contributed by atoms with Crippen LogP contribution in [0.2, 0.25) is 0 Å². The van der Waals surface area contributed by atoms with Gasteiger partial charge in [-0.1, -0.05) is 12.1 Å². The first kappa shape index (κ1) is 18.1. The van der Waals surface area contributed by atoms with Crippen LogP contribution in [0, 0.1) is 0 Å². The molecule has 0 saturated heterocycles. The van der Waals surface area contributed by atoms with E-state index in [0.717, 1.165) is 18.2 Å². The van der Waals surface area contributed by atoms with Crippen LogP contribution in [-0.4, -0.2) is 16.1 Å². The van der Waals surface area contributed by atoms with E-state index in [1.54, 1.807) is 0 Å². The molecule has 0 unspecified atom stereocenters. The van der Waals surface area contributed by atoms with Crippen molar-refractivity contribution in [1.29, 1.82) is 0 Å². The van der Waals surface area contributed by atoms with Crippen LogP contribution < -0.4 is 5.73 Å². The van der Waals surface area contributed by atoms with Crippen molar-refractivity contribution >= 4 is 10.9 Å². The van der Waals surface area contributed by atoms with Crippen molar-refractivity contribution in [2.24, 2.45) is 5.73 Å². The SMILES string of the molecule is N[C@H](c1cc2cccc(C(F)(F)F)c2nc1-c1cccnc1)C(F)(F)F. The summed E-state index contributed by atoms with van der Waals surface area (Å²) in [5.41, 5.74) is 3.27. The molecule has 3 aromatic rings. The minimum atomic E-state index is -4.78. The maximum atomic E-state index is 13.2. The molecular weight excluding hydrogens is 360 g/mol. The third-order valence-corrected chi connectivity index (χ3v) is 3.80. The Morgan fingerprint density at radius 2 is 1.69 bits per heavy atom. The Morgan fingerprint density at radius 1 is 0.962 bits per heavy atom. The number of benzene rings is 1. The molecule has 0 aliphatic heterocycles. The molecule has 3 rings (SSSR count). The van der Waals surface area contributed by atoms with Crippen molar-refractivity contribution in [3.63, 3.8) is 0 Å². The summed E-state index contributed by atoms with van der Waals surface area (Å²) >= 11 is 0. The van der Waals surface area contributed by atoms with Gasteiger partial charge in [0.15, 0.2) is 0 Å². The van der Waals surface area contributed by atoms with Crippen molar-refractivity contribution in [3.8, 4) is 11.3 Å². The van der Waals surface area contributed by atoms with Crippen LogP contribution in [0.3, 0.4) is 0 Å². The van der Waals surface area contributed by atoms with Crippen molar-refractivity contribution in [2.45, 2.75) is 18.4 Å². The maximum Gasteiger partial charge on any atom is 0.418 e. The van der Waals surface area contributed by atoms with Crippen LogP contribution in [-0.2, 0) is 6.18 Å². The van der Waals surface area contributed by atoms with Gasteiger partial charge in [-0.15, -0.1) is 0 Å². The number of pyridine rings is 2. The van der Waals surface area contributed by atoms with E-state index >= 15 is 0 Å². The molecule has 3 nitrogen and oxygen atoms in total. The quantitative estimate of drug-likeness (QED) is 0.654. The molecule has 0 saturated carbocycles. The molecule has 1 aromatic carbocycles. The second kappa shape index (κ2) is 6.24. The van der Waals surface area contributed by atoms with E-state index < -0.39 is 35.0 Å². The first-order valence-electron chi connectivity index (χ1n) is 7.32. The van der Waals surface area contributed by atoms with Crippen molar-refractivity contribution in [3.05, 3.63) is 59.9 Å². The van der Waals surface area contributed by atoms with Crippen LogP contribution in [0.5, 0.6) is 0 Å².